The zero-order valence-electron chi connectivity index (χ0n) is 10.4. The Kier molecular flexibility index (Phi) is 2.93. The van der Waals surface area contributed by atoms with E-state index in [0.717, 1.165) is 6.42 Å². The first-order valence-corrected chi connectivity index (χ1v) is 6.89. The van der Waals surface area contributed by atoms with Crippen LogP contribution in [0.25, 0.3) is 0 Å². The normalized spacial score (nSPS) is 34.3. The summed E-state index contributed by atoms with van der Waals surface area (Å²) in [7, 11) is 0. The van der Waals surface area contributed by atoms with Gasteiger partial charge >= 0.3 is 0 Å². The average Bonchev–Trinajstić information content (AvgIpc) is 2.40. The predicted octanol–water partition coefficient (Wildman–Crippen LogP) is 2.49. The summed E-state index contributed by atoms with van der Waals surface area (Å²) in [6.45, 7) is 2.49. The molecule has 2 fully saturated rings. The van der Waals surface area contributed by atoms with E-state index in [1.54, 1.807) is 0 Å². The average molecular weight is 230 g/mol. The molecular weight excluding hydrogens is 208 g/mol. The largest absolute Gasteiger partial charge is 0.320 e. The number of benzene rings is 1. The molecule has 0 amide bonds. The van der Waals surface area contributed by atoms with Gasteiger partial charge in [0.05, 0.1) is 5.54 Å². The van der Waals surface area contributed by atoms with Crippen molar-refractivity contribution in [2.75, 3.05) is 13.1 Å². The van der Waals surface area contributed by atoms with E-state index in [1.807, 2.05) is 0 Å². The molecule has 2 nitrogen and oxygen atoms in total. The highest BCUT2D eigenvalue weighted by Crippen LogP contribution is 2.38. The summed E-state index contributed by atoms with van der Waals surface area (Å²) < 4.78 is 0. The summed E-state index contributed by atoms with van der Waals surface area (Å²) in [6, 6.07) is 11.3. The molecule has 3 rings (SSSR count). The van der Waals surface area contributed by atoms with Gasteiger partial charge in [-0.2, -0.15) is 0 Å². The zero-order chi connectivity index (χ0) is 11.7. The van der Waals surface area contributed by atoms with Gasteiger partial charge in [0.2, 0.25) is 0 Å². The molecular formula is C15H22N2. The van der Waals surface area contributed by atoms with Crippen LogP contribution < -0.4 is 5.73 Å². The molecule has 0 radical (unpaired) electrons. The highest BCUT2D eigenvalue weighted by Gasteiger charge is 2.43. The van der Waals surface area contributed by atoms with Crippen molar-refractivity contribution in [2.24, 2.45) is 5.73 Å². The summed E-state index contributed by atoms with van der Waals surface area (Å²) >= 11 is 0. The number of hydrogen-bond donors (Lipinski definition) is 1. The summed E-state index contributed by atoms with van der Waals surface area (Å²) in [5.74, 6) is 0. The second-order valence-corrected chi connectivity index (χ2v) is 5.56. The lowest BCUT2D eigenvalue weighted by molar-refractivity contribution is 0.0385. The van der Waals surface area contributed by atoms with Crippen molar-refractivity contribution in [3.8, 4) is 0 Å². The van der Waals surface area contributed by atoms with Crippen LogP contribution in [0.5, 0.6) is 0 Å². The fourth-order valence-corrected chi connectivity index (χ4v) is 3.67. The molecule has 0 bridgehead atoms. The Bertz CT molecular complexity index is 374. The molecule has 92 valence electrons. The van der Waals surface area contributed by atoms with E-state index in [4.69, 9.17) is 5.73 Å². The Morgan fingerprint density at radius 2 is 1.82 bits per heavy atom. The van der Waals surface area contributed by atoms with Gasteiger partial charge in [0.15, 0.2) is 0 Å². The fourth-order valence-electron chi connectivity index (χ4n) is 3.67. The van der Waals surface area contributed by atoms with Gasteiger partial charge in [0, 0.05) is 6.04 Å². The van der Waals surface area contributed by atoms with Gasteiger partial charge in [-0.1, -0.05) is 36.8 Å². The number of rotatable bonds is 1. The van der Waals surface area contributed by atoms with Crippen LogP contribution in [-0.4, -0.2) is 24.0 Å². The molecule has 17 heavy (non-hydrogen) atoms. The van der Waals surface area contributed by atoms with E-state index < -0.39 is 0 Å². The Morgan fingerprint density at radius 3 is 2.65 bits per heavy atom. The number of piperidine rings is 2. The molecule has 2 saturated heterocycles. The van der Waals surface area contributed by atoms with Crippen molar-refractivity contribution < 1.29 is 0 Å². The van der Waals surface area contributed by atoms with E-state index in [1.165, 1.54) is 44.3 Å². The van der Waals surface area contributed by atoms with Crippen LogP contribution in [0, 0.1) is 0 Å². The first-order valence-electron chi connectivity index (χ1n) is 6.89. The Labute approximate surface area is 104 Å². The van der Waals surface area contributed by atoms with E-state index in [0.29, 0.717) is 6.04 Å². The molecule has 2 heteroatoms. The predicted molar refractivity (Wildman–Crippen MR) is 70.8 cm³/mol. The summed E-state index contributed by atoms with van der Waals surface area (Å²) in [4.78, 5) is 2.62. The maximum Gasteiger partial charge on any atom is 0.0567 e. The Balaban J connectivity index is 1.94. The monoisotopic (exact) mass is 230 g/mol. The molecule has 0 spiro atoms. The highest BCUT2D eigenvalue weighted by atomic mass is 15.2. The van der Waals surface area contributed by atoms with Gasteiger partial charge in [-0.25, -0.2) is 0 Å². The molecule has 2 heterocycles. The number of nitrogens with two attached hydrogens (primary N) is 1. The molecule has 2 aliphatic rings. The molecule has 0 aromatic heterocycles. The molecule has 2 N–H and O–H groups in total. The molecule has 1 aromatic rings. The molecule has 0 aliphatic carbocycles. The SMILES string of the molecule is NC1(c2ccccc2)CCCN2CCCCC21. The van der Waals surface area contributed by atoms with Crippen LogP contribution in [0.15, 0.2) is 30.3 Å². The van der Waals surface area contributed by atoms with Gasteiger partial charge in [-0.05, 0) is 44.3 Å². The minimum absolute atomic E-state index is 0.111. The van der Waals surface area contributed by atoms with E-state index >= 15 is 0 Å². The quantitative estimate of drug-likeness (QED) is 0.803. The number of hydrogen-bond acceptors (Lipinski definition) is 2. The van der Waals surface area contributed by atoms with Crippen LogP contribution in [0.1, 0.15) is 37.7 Å². The zero-order valence-corrected chi connectivity index (χ0v) is 10.4. The maximum atomic E-state index is 6.79. The van der Waals surface area contributed by atoms with Crippen LogP contribution in [0.4, 0.5) is 0 Å². The van der Waals surface area contributed by atoms with Gasteiger partial charge < -0.3 is 5.73 Å². The van der Waals surface area contributed by atoms with Gasteiger partial charge in [0.25, 0.3) is 0 Å². The third-order valence-corrected chi connectivity index (χ3v) is 4.56. The van der Waals surface area contributed by atoms with Gasteiger partial charge in [-0.15, -0.1) is 0 Å². The summed E-state index contributed by atoms with van der Waals surface area (Å²) in [5, 5.41) is 0. The second-order valence-electron chi connectivity index (χ2n) is 5.56. The molecule has 0 saturated carbocycles. The van der Waals surface area contributed by atoms with E-state index in [9.17, 15) is 0 Å². The number of fused-ring (bicyclic) bond motifs is 1. The van der Waals surface area contributed by atoms with E-state index in [-0.39, 0.29) is 5.54 Å². The lowest BCUT2D eigenvalue weighted by Crippen LogP contribution is -2.61. The lowest BCUT2D eigenvalue weighted by atomic mass is 9.73. The minimum atomic E-state index is -0.111. The fraction of sp³-hybridized carbons (Fsp3) is 0.600. The van der Waals surface area contributed by atoms with Crippen molar-refractivity contribution in [3.63, 3.8) is 0 Å². The van der Waals surface area contributed by atoms with Crippen molar-refractivity contribution in [3.05, 3.63) is 35.9 Å². The van der Waals surface area contributed by atoms with Crippen molar-refractivity contribution in [2.45, 2.75) is 43.7 Å². The molecule has 2 atom stereocenters. The Morgan fingerprint density at radius 1 is 1.06 bits per heavy atom. The van der Waals surface area contributed by atoms with E-state index in [2.05, 4.69) is 35.2 Å². The lowest BCUT2D eigenvalue weighted by Gasteiger charge is -2.50. The van der Waals surface area contributed by atoms with Crippen molar-refractivity contribution >= 4 is 0 Å². The van der Waals surface area contributed by atoms with Crippen molar-refractivity contribution in [1.29, 1.82) is 0 Å². The van der Waals surface area contributed by atoms with Crippen LogP contribution in [0.2, 0.25) is 0 Å². The molecule has 2 unspecified atom stereocenters. The standard InChI is InChI=1S/C15H22N2/c16-15(13-7-2-1-3-8-13)10-6-12-17-11-5-4-9-14(15)17/h1-3,7-8,14H,4-6,9-12,16H2. The third kappa shape index (κ3) is 1.90. The Hall–Kier alpha value is -0.860. The van der Waals surface area contributed by atoms with Crippen LogP contribution in [-0.2, 0) is 5.54 Å². The van der Waals surface area contributed by atoms with Crippen LogP contribution in [0.3, 0.4) is 0 Å². The third-order valence-electron chi connectivity index (χ3n) is 4.56. The van der Waals surface area contributed by atoms with Crippen molar-refractivity contribution in [1.82, 2.24) is 4.90 Å². The second kappa shape index (κ2) is 4.43. The number of nitrogens with zero attached hydrogens (tertiary/aromatic N) is 1. The van der Waals surface area contributed by atoms with Gasteiger partial charge in [0.1, 0.15) is 0 Å². The van der Waals surface area contributed by atoms with Crippen LogP contribution >= 0.6 is 0 Å². The first-order chi connectivity index (χ1) is 8.31. The maximum absolute atomic E-state index is 6.79. The topological polar surface area (TPSA) is 29.3 Å². The molecule has 2 aliphatic heterocycles. The van der Waals surface area contributed by atoms with Gasteiger partial charge in [-0.3, -0.25) is 4.90 Å². The minimum Gasteiger partial charge on any atom is -0.320 e. The first kappa shape index (κ1) is 11.2. The summed E-state index contributed by atoms with van der Waals surface area (Å²) in [5.41, 5.74) is 8.01. The highest BCUT2D eigenvalue weighted by molar-refractivity contribution is 5.27. The molecule has 1 aromatic carbocycles. The summed E-state index contributed by atoms with van der Waals surface area (Å²) in [6.07, 6.45) is 6.33. The smallest absolute Gasteiger partial charge is 0.0567 e.